The van der Waals surface area contributed by atoms with E-state index in [4.69, 9.17) is 4.42 Å². The van der Waals surface area contributed by atoms with Gasteiger partial charge in [-0.15, -0.1) is 0 Å². The number of carbonyl (C=O) groups excluding carboxylic acids is 1. The second-order valence-electron chi connectivity index (χ2n) is 4.35. The molecule has 0 N–H and O–H groups in total. The molecule has 0 amide bonds. The number of aromatic nitrogens is 1. The fourth-order valence-corrected chi connectivity index (χ4v) is 2.16. The number of pyridine rings is 1. The maximum absolute atomic E-state index is 13.0. The van der Waals surface area contributed by atoms with E-state index in [1.54, 1.807) is 0 Å². The summed E-state index contributed by atoms with van der Waals surface area (Å²) in [6.07, 6.45) is -3.46. The van der Waals surface area contributed by atoms with Crippen molar-refractivity contribution >= 4 is 27.8 Å². The largest absolute Gasteiger partial charge is 0.465 e. The van der Waals surface area contributed by atoms with Crippen molar-refractivity contribution in [3.63, 3.8) is 0 Å². The number of fused-ring (bicyclic) bond motifs is 3. The van der Waals surface area contributed by atoms with Crippen LogP contribution in [0.15, 0.2) is 34.9 Å². The van der Waals surface area contributed by atoms with Crippen molar-refractivity contribution in [2.45, 2.75) is 6.18 Å². The lowest BCUT2D eigenvalue weighted by Crippen LogP contribution is -2.09. The summed E-state index contributed by atoms with van der Waals surface area (Å²) in [5.41, 5.74) is -1.07. The van der Waals surface area contributed by atoms with Crippen LogP contribution in [0.1, 0.15) is 16.1 Å². The molecule has 0 atom stereocenters. The van der Waals surface area contributed by atoms with Gasteiger partial charge in [0.15, 0.2) is 11.3 Å². The first-order chi connectivity index (χ1) is 9.91. The standard InChI is InChI=1S/C14H8F3NO3/c1-20-13(19)7-2-3-10-9(6-7)8-4-5-21-11(8)12(18-10)14(15,16)17/h2-6H,1H3. The van der Waals surface area contributed by atoms with Gasteiger partial charge in [-0.3, -0.25) is 0 Å². The minimum absolute atomic E-state index is 0.129. The van der Waals surface area contributed by atoms with Gasteiger partial charge in [0, 0.05) is 10.8 Å². The lowest BCUT2D eigenvalue weighted by molar-refractivity contribution is -0.140. The Morgan fingerprint density at radius 1 is 1.24 bits per heavy atom. The summed E-state index contributed by atoms with van der Waals surface area (Å²) in [5, 5.41) is 0.646. The van der Waals surface area contributed by atoms with Crippen molar-refractivity contribution in [1.29, 1.82) is 0 Å². The molecule has 0 aliphatic carbocycles. The highest BCUT2D eigenvalue weighted by Crippen LogP contribution is 2.37. The Labute approximate surface area is 116 Å². The first-order valence-electron chi connectivity index (χ1n) is 5.88. The van der Waals surface area contributed by atoms with Gasteiger partial charge in [0.1, 0.15) is 0 Å². The Bertz CT molecular complexity index is 852. The molecule has 2 heterocycles. The highest BCUT2D eigenvalue weighted by molar-refractivity contribution is 6.07. The molecule has 108 valence electrons. The molecule has 1 aromatic carbocycles. The Hall–Kier alpha value is -2.57. The maximum Gasteiger partial charge on any atom is 0.437 e. The highest BCUT2D eigenvalue weighted by Gasteiger charge is 2.37. The number of ether oxygens (including phenoxy) is 1. The fourth-order valence-electron chi connectivity index (χ4n) is 2.16. The quantitative estimate of drug-likeness (QED) is 0.641. The van der Waals surface area contributed by atoms with Crippen LogP contribution in [0.25, 0.3) is 21.9 Å². The third-order valence-corrected chi connectivity index (χ3v) is 3.09. The molecule has 4 nitrogen and oxygen atoms in total. The van der Waals surface area contributed by atoms with Crippen LogP contribution in [-0.4, -0.2) is 18.1 Å². The Morgan fingerprint density at radius 2 is 2.00 bits per heavy atom. The van der Waals surface area contributed by atoms with Gasteiger partial charge in [0.25, 0.3) is 0 Å². The molecule has 0 bridgehead atoms. The van der Waals surface area contributed by atoms with Crippen molar-refractivity contribution < 1.29 is 27.1 Å². The summed E-state index contributed by atoms with van der Waals surface area (Å²) in [4.78, 5) is 15.1. The van der Waals surface area contributed by atoms with Crippen molar-refractivity contribution in [1.82, 2.24) is 4.98 Å². The summed E-state index contributed by atoms with van der Waals surface area (Å²) in [7, 11) is 1.23. The zero-order valence-corrected chi connectivity index (χ0v) is 10.7. The van der Waals surface area contributed by atoms with E-state index in [1.165, 1.54) is 31.4 Å². The topological polar surface area (TPSA) is 52.3 Å². The van der Waals surface area contributed by atoms with Crippen LogP contribution in [0.3, 0.4) is 0 Å². The molecule has 0 radical (unpaired) electrons. The monoisotopic (exact) mass is 295 g/mol. The Morgan fingerprint density at radius 3 is 2.67 bits per heavy atom. The number of benzene rings is 1. The number of hydrogen-bond acceptors (Lipinski definition) is 4. The van der Waals surface area contributed by atoms with Gasteiger partial charge in [-0.05, 0) is 24.3 Å². The van der Waals surface area contributed by atoms with E-state index in [2.05, 4.69) is 9.72 Å². The molecule has 0 aliphatic rings. The van der Waals surface area contributed by atoms with Gasteiger partial charge in [-0.25, -0.2) is 9.78 Å². The molecule has 3 rings (SSSR count). The maximum atomic E-state index is 13.0. The first-order valence-corrected chi connectivity index (χ1v) is 5.88. The number of alkyl halides is 3. The minimum atomic E-state index is -4.62. The normalized spacial score (nSPS) is 12.0. The SMILES string of the molecule is COC(=O)c1ccc2nc(C(F)(F)F)c3occc3c2c1. The van der Waals surface area contributed by atoms with Crippen LogP contribution in [0, 0.1) is 0 Å². The number of rotatable bonds is 1. The molecule has 0 spiro atoms. The van der Waals surface area contributed by atoms with Crippen LogP contribution < -0.4 is 0 Å². The average molecular weight is 295 g/mol. The van der Waals surface area contributed by atoms with Gasteiger partial charge >= 0.3 is 12.1 Å². The second-order valence-corrected chi connectivity index (χ2v) is 4.35. The van der Waals surface area contributed by atoms with E-state index in [9.17, 15) is 18.0 Å². The molecular weight excluding hydrogens is 287 g/mol. The second kappa shape index (κ2) is 4.47. The van der Waals surface area contributed by atoms with Gasteiger partial charge in [0.2, 0.25) is 0 Å². The van der Waals surface area contributed by atoms with E-state index in [-0.39, 0.29) is 22.0 Å². The predicted octanol–water partition coefficient (Wildman–Crippen LogP) is 3.79. The number of methoxy groups -OCH3 is 1. The Balaban J connectivity index is 2.37. The molecule has 2 aromatic heterocycles. The zero-order valence-electron chi connectivity index (χ0n) is 10.7. The van der Waals surface area contributed by atoms with E-state index >= 15 is 0 Å². The van der Waals surface area contributed by atoms with Crippen LogP contribution in [0.2, 0.25) is 0 Å². The summed E-state index contributed by atoms with van der Waals surface area (Å²) < 4.78 is 48.5. The minimum Gasteiger partial charge on any atom is -0.465 e. The van der Waals surface area contributed by atoms with Gasteiger partial charge < -0.3 is 9.15 Å². The number of furan rings is 1. The van der Waals surface area contributed by atoms with Crippen LogP contribution in [0.5, 0.6) is 0 Å². The van der Waals surface area contributed by atoms with Gasteiger partial charge in [0.05, 0.1) is 24.5 Å². The molecule has 0 unspecified atom stereocenters. The Kier molecular flexibility index (Phi) is 2.86. The summed E-state index contributed by atoms with van der Waals surface area (Å²) in [6.45, 7) is 0. The third-order valence-electron chi connectivity index (χ3n) is 3.09. The smallest absolute Gasteiger partial charge is 0.437 e. The number of halogens is 3. The average Bonchev–Trinajstić information content (AvgIpc) is 2.93. The number of nitrogens with zero attached hydrogens (tertiary/aromatic N) is 1. The lowest BCUT2D eigenvalue weighted by Gasteiger charge is -2.09. The van der Waals surface area contributed by atoms with Crippen molar-refractivity contribution in [3.05, 3.63) is 41.8 Å². The van der Waals surface area contributed by atoms with E-state index in [1.807, 2.05) is 0 Å². The molecular formula is C14H8F3NO3. The van der Waals surface area contributed by atoms with Crippen LogP contribution >= 0.6 is 0 Å². The van der Waals surface area contributed by atoms with Crippen LogP contribution in [-0.2, 0) is 10.9 Å². The van der Waals surface area contributed by atoms with E-state index in [0.717, 1.165) is 6.26 Å². The molecule has 0 saturated carbocycles. The summed E-state index contributed by atoms with van der Waals surface area (Å²) in [6, 6.07) is 5.57. The third kappa shape index (κ3) is 2.10. The molecule has 0 aliphatic heterocycles. The molecule has 3 aromatic rings. The zero-order chi connectivity index (χ0) is 15.2. The predicted molar refractivity (Wildman–Crippen MR) is 67.9 cm³/mol. The highest BCUT2D eigenvalue weighted by atomic mass is 19.4. The van der Waals surface area contributed by atoms with E-state index in [0.29, 0.717) is 5.39 Å². The number of esters is 1. The first kappa shape index (κ1) is 13.4. The summed E-state index contributed by atoms with van der Waals surface area (Å²) in [5.74, 6) is -0.576. The number of carbonyl (C=O) groups is 1. The van der Waals surface area contributed by atoms with Crippen LogP contribution in [0.4, 0.5) is 13.2 Å². The van der Waals surface area contributed by atoms with Crippen molar-refractivity contribution in [2.75, 3.05) is 7.11 Å². The lowest BCUT2D eigenvalue weighted by atomic mass is 10.1. The number of hydrogen-bond donors (Lipinski definition) is 0. The molecule has 0 fully saturated rings. The van der Waals surface area contributed by atoms with E-state index < -0.39 is 17.8 Å². The fraction of sp³-hybridized carbons (Fsp3) is 0.143. The van der Waals surface area contributed by atoms with Crippen molar-refractivity contribution in [3.8, 4) is 0 Å². The molecule has 0 saturated heterocycles. The van der Waals surface area contributed by atoms with Gasteiger partial charge in [-0.2, -0.15) is 13.2 Å². The summed E-state index contributed by atoms with van der Waals surface area (Å²) >= 11 is 0. The molecule has 21 heavy (non-hydrogen) atoms. The van der Waals surface area contributed by atoms with Gasteiger partial charge in [-0.1, -0.05) is 0 Å². The molecule has 7 heteroatoms. The van der Waals surface area contributed by atoms with Crippen molar-refractivity contribution in [2.24, 2.45) is 0 Å².